The van der Waals surface area contributed by atoms with Gasteiger partial charge in [-0.25, -0.2) is 0 Å². The Bertz CT molecular complexity index is 307. The van der Waals surface area contributed by atoms with Crippen LogP contribution in [-0.4, -0.2) is 19.8 Å². The van der Waals surface area contributed by atoms with Gasteiger partial charge in [0, 0.05) is 0 Å². The van der Waals surface area contributed by atoms with E-state index in [0.717, 1.165) is 0 Å². The zero-order valence-electron chi connectivity index (χ0n) is 7.34. The van der Waals surface area contributed by atoms with E-state index >= 15 is 0 Å². The quantitative estimate of drug-likeness (QED) is 0.531. The average Bonchev–Trinajstić information content (AvgIpc) is 1.97. The van der Waals surface area contributed by atoms with Gasteiger partial charge in [0.25, 0.3) is 0 Å². The zero-order valence-corrected chi connectivity index (χ0v) is 8.15. The van der Waals surface area contributed by atoms with Gasteiger partial charge in [-0.15, -0.1) is 0 Å². The van der Waals surface area contributed by atoms with Crippen LogP contribution in [0.4, 0.5) is 13.2 Å². The number of nitrogens with zero attached hydrogens (tertiary/aromatic N) is 1. The number of sulfonamides is 1. The summed E-state index contributed by atoms with van der Waals surface area (Å²) in [5.74, 6) is -1.26. The van der Waals surface area contributed by atoms with Gasteiger partial charge < -0.3 is 5.11 Å². The Kier molecular flexibility index (Phi) is 4.37. The lowest BCUT2D eigenvalue weighted by Crippen LogP contribution is -2.26. The van der Waals surface area contributed by atoms with Crippen molar-refractivity contribution < 1.29 is 26.7 Å². The Labute approximate surface area is 79.5 Å². The fraction of sp³-hybridized carbons (Fsp3) is 0.833. The number of halogens is 3. The number of alkyl halides is 3. The Hall–Kier alpha value is -0.790. The number of rotatable bonds is 4. The van der Waals surface area contributed by atoms with Crippen LogP contribution in [0, 0.1) is 0 Å². The van der Waals surface area contributed by atoms with Crippen molar-refractivity contribution in [3.8, 4) is 0 Å². The lowest BCUT2D eigenvalue weighted by atomic mass is 10.2. The first-order chi connectivity index (χ1) is 6.20. The number of hydrogen-bond donors (Lipinski definition) is 0. The second-order valence-corrected chi connectivity index (χ2v) is 4.11. The van der Waals surface area contributed by atoms with Crippen molar-refractivity contribution in [1.82, 2.24) is 0 Å². The maximum absolute atomic E-state index is 11.7. The molecule has 0 aromatic heterocycles. The third-order valence-electron chi connectivity index (χ3n) is 1.26. The topological polar surface area (TPSA) is 69.6 Å². The van der Waals surface area contributed by atoms with Gasteiger partial charge in [-0.1, -0.05) is 13.3 Å². The van der Waals surface area contributed by atoms with E-state index in [1.165, 1.54) is 0 Å². The van der Waals surface area contributed by atoms with Crippen LogP contribution < -0.4 is 5.11 Å². The van der Waals surface area contributed by atoms with E-state index in [2.05, 4.69) is 4.40 Å². The van der Waals surface area contributed by atoms with E-state index in [9.17, 15) is 26.7 Å². The predicted octanol–water partition coefficient (Wildman–Crippen LogP) is 0.785. The molecule has 0 fully saturated rings. The van der Waals surface area contributed by atoms with Crippen molar-refractivity contribution in [2.45, 2.75) is 31.7 Å². The van der Waals surface area contributed by atoms with Crippen molar-refractivity contribution in [3.63, 3.8) is 0 Å². The van der Waals surface area contributed by atoms with Crippen molar-refractivity contribution in [2.24, 2.45) is 4.40 Å². The van der Waals surface area contributed by atoms with Crippen LogP contribution in [0.3, 0.4) is 0 Å². The normalized spacial score (nSPS) is 14.4. The molecule has 0 radical (unpaired) electrons. The average molecular weight is 232 g/mol. The molecule has 0 N–H and O–H groups in total. The van der Waals surface area contributed by atoms with Crippen molar-refractivity contribution >= 4 is 15.9 Å². The van der Waals surface area contributed by atoms with Crippen molar-refractivity contribution in [1.29, 1.82) is 0 Å². The molecule has 0 aliphatic heterocycles. The van der Waals surface area contributed by atoms with Crippen LogP contribution in [-0.2, 0) is 10.0 Å². The molecule has 0 saturated heterocycles. The van der Waals surface area contributed by atoms with Gasteiger partial charge in [-0.05, 0) is 18.7 Å². The Morgan fingerprint density at radius 3 is 2.29 bits per heavy atom. The molecule has 0 bridgehead atoms. The molecule has 0 aromatic carbocycles. The highest BCUT2D eigenvalue weighted by Crippen LogP contribution is 2.24. The minimum absolute atomic E-state index is 0.286. The molecule has 0 amide bonds. The van der Waals surface area contributed by atoms with E-state index in [0.29, 0.717) is 12.8 Å². The molecular weight excluding hydrogens is 223 g/mol. The van der Waals surface area contributed by atoms with E-state index in [1.807, 2.05) is 0 Å². The monoisotopic (exact) mass is 232 g/mol. The van der Waals surface area contributed by atoms with Crippen molar-refractivity contribution in [2.75, 3.05) is 0 Å². The summed E-state index contributed by atoms with van der Waals surface area (Å²) in [5, 5.41) is 10.6. The molecule has 4 nitrogen and oxygen atoms in total. The summed E-state index contributed by atoms with van der Waals surface area (Å²) in [7, 11) is -5.65. The SMILES string of the molecule is CCCC/C([O-])=N/S(=O)(=O)C(F)(F)F. The van der Waals surface area contributed by atoms with Gasteiger partial charge >= 0.3 is 15.5 Å². The molecule has 0 atom stereocenters. The fourth-order valence-corrected chi connectivity index (χ4v) is 1.02. The minimum atomic E-state index is -5.65. The largest absolute Gasteiger partial charge is 0.861 e. The molecule has 0 aliphatic rings. The van der Waals surface area contributed by atoms with Crippen molar-refractivity contribution in [3.05, 3.63) is 0 Å². The third kappa shape index (κ3) is 3.95. The Morgan fingerprint density at radius 1 is 1.43 bits per heavy atom. The maximum atomic E-state index is 11.7. The summed E-state index contributed by atoms with van der Waals surface area (Å²) in [4.78, 5) is 0. The first kappa shape index (κ1) is 13.2. The van der Waals surface area contributed by atoms with Gasteiger partial charge in [0.05, 0.1) is 0 Å². The zero-order chi connectivity index (χ0) is 11.4. The van der Waals surface area contributed by atoms with Crippen LogP contribution in [0.1, 0.15) is 26.2 Å². The highest BCUT2D eigenvalue weighted by atomic mass is 32.2. The molecule has 0 aliphatic carbocycles. The van der Waals surface area contributed by atoms with Crippen LogP contribution in [0.25, 0.3) is 0 Å². The number of unbranched alkanes of at least 4 members (excludes halogenated alkanes) is 1. The molecule has 0 rings (SSSR count). The summed E-state index contributed by atoms with van der Waals surface area (Å²) in [5.41, 5.74) is -5.49. The first-order valence-electron chi connectivity index (χ1n) is 3.78. The lowest BCUT2D eigenvalue weighted by Gasteiger charge is -2.10. The van der Waals surface area contributed by atoms with E-state index < -0.39 is 21.4 Å². The van der Waals surface area contributed by atoms with Gasteiger partial charge in [0.1, 0.15) is 0 Å². The molecule has 0 unspecified atom stereocenters. The molecule has 14 heavy (non-hydrogen) atoms. The van der Waals surface area contributed by atoms with Gasteiger partial charge in [-0.3, -0.25) is 0 Å². The number of hydrogen-bond acceptors (Lipinski definition) is 3. The smallest absolute Gasteiger partial charge is 0.518 e. The van der Waals surface area contributed by atoms with Gasteiger partial charge in [0.15, 0.2) is 0 Å². The van der Waals surface area contributed by atoms with E-state index in [4.69, 9.17) is 0 Å². The first-order valence-corrected chi connectivity index (χ1v) is 5.22. The molecule has 0 spiro atoms. The third-order valence-corrected chi connectivity index (χ3v) is 2.29. The molecule has 0 heterocycles. The standard InChI is InChI=1S/C6H10F3NO3S/c1-2-3-4-5(11)10-14(12,13)6(7,8)9/h2-4H2,1H3,(H,10,11)/p-1. The van der Waals surface area contributed by atoms with Crippen LogP contribution in [0.5, 0.6) is 0 Å². The van der Waals surface area contributed by atoms with E-state index in [-0.39, 0.29) is 6.42 Å². The van der Waals surface area contributed by atoms with E-state index in [1.54, 1.807) is 6.92 Å². The predicted molar refractivity (Wildman–Crippen MR) is 41.9 cm³/mol. The second-order valence-electron chi connectivity index (χ2n) is 2.51. The second kappa shape index (κ2) is 4.63. The molecule has 0 aromatic rings. The lowest BCUT2D eigenvalue weighted by molar-refractivity contribution is -0.218. The maximum Gasteiger partial charge on any atom is 0.518 e. The van der Waals surface area contributed by atoms with Crippen LogP contribution in [0.15, 0.2) is 4.40 Å². The summed E-state index contributed by atoms with van der Waals surface area (Å²) in [6.07, 6.45) is 0.606. The fourth-order valence-electron chi connectivity index (χ4n) is 0.559. The van der Waals surface area contributed by atoms with Crippen LogP contribution in [0.2, 0.25) is 0 Å². The summed E-state index contributed by atoms with van der Waals surface area (Å²) >= 11 is 0. The van der Waals surface area contributed by atoms with Gasteiger partial charge in [-0.2, -0.15) is 26.0 Å². The molecule has 84 valence electrons. The summed E-state index contributed by atoms with van der Waals surface area (Å²) in [6.45, 7) is 1.71. The molecule has 0 saturated carbocycles. The molecule has 8 heteroatoms. The highest BCUT2D eigenvalue weighted by molar-refractivity contribution is 7.91. The highest BCUT2D eigenvalue weighted by Gasteiger charge is 2.45. The van der Waals surface area contributed by atoms with Crippen LogP contribution >= 0.6 is 0 Å². The summed E-state index contributed by atoms with van der Waals surface area (Å²) in [6, 6.07) is 0. The summed E-state index contributed by atoms with van der Waals surface area (Å²) < 4.78 is 57.8. The minimum Gasteiger partial charge on any atom is -0.861 e. The Balaban J connectivity index is 4.65. The van der Waals surface area contributed by atoms with Gasteiger partial charge in [0.2, 0.25) is 0 Å². The molecular formula is C6H9F3NO3S-. The Morgan fingerprint density at radius 2 is 1.93 bits per heavy atom.